The van der Waals surface area contributed by atoms with Gasteiger partial charge in [0.1, 0.15) is 5.75 Å². The summed E-state index contributed by atoms with van der Waals surface area (Å²) in [6.45, 7) is 6.37. The number of nitrogens with one attached hydrogen (secondary N) is 1. The average molecular weight is 265 g/mol. The molecule has 1 saturated heterocycles. The minimum atomic E-state index is -0.106. The molecule has 2 rings (SSSR count). The normalized spacial score (nSPS) is 18.7. The Morgan fingerprint density at radius 2 is 2.21 bits per heavy atom. The lowest BCUT2D eigenvalue weighted by Crippen LogP contribution is -2.52. The Balaban J connectivity index is 2.03. The van der Waals surface area contributed by atoms with Crippen LogP contribution in [-0.4, -0.2) is 38.6 Å². The molecule has 4 nitrogen and oxygen atoms in total. The van der Waals surface area contributed by atoms with Gasteiger partial charge in [-0.25, -0.2) is 0 Å². The molecule has 0 bridgehead atoms. The van der Waals surface area contributed by atoms with Crippen LogP contribution in [0.15, 0.2) is 18.2 Å². The number of ether oxygens (including phenoxy) is 2. The summed E-state index contributed by atoms with van der Waals surface area (Å²) < 4.78 is 10.6. The van der Waals surface area contributed by atoms with Gasteiger partial charge in [-0.15, -0.1) is 0 Å². The zero-order valence-corrected chi connectivity index (χ0v) is 11.9. The zero-order chi connectivity index (χ0) is 13.9. The average Bonchev–Trinajstić information content (AvgIpc) is 2.37. The molecule has 1 aromatic carbocycles. The van der Waals surface area contributed by atoms with E-state index >= 15 is 0 Å². The molecule has 1 aliphatic heterocycles. The third-order valence-corrected chi connectivity index (χ3v) is 3.79. The maximum absolute atomic E-state index is 9.42. The van der Waals surface area contributed by atoms with Gasteiger partial charge in [-0.05, 0) is 19.9 Å². The van der Waals surface area contributed by atoms with Crippen LogP contribution in [0.25, 0.3) is 0 Å². The summed E-state index contributed by atoms with van der Waals surface area (Å²) in [5.74, 6) is 0.897. The van der Waals surface area contributed by atoms with Crippen LogP contribution >= 0.6 is 0 Å². The second-order valence-electron chi connectivity index (χ2n) is 5.50. The summed E-state index contributed by atoms with van der Waals surface area (Å²) in [6, 6.07) is 6.36. The van der Waals surface area contributed by atoms with Gasteiger partial charge in [0.15, 0.2) is 0 Å². The maximum atomic E-state index is 9.42. The highest BCUT2D eigenvalue weighted by Crippen LogP contribution is 2.29. The van der Waals surface area contributed by atoms with E-state index in [1.54, 1.807) is 7.11 Å². The maximum Gasteiger partial charge on any atom is 0.123 e. The molecule has 1 aromatic rings. The molecule has 2 N–H and O–H groups in total. The summed E-state index contributed by atoms with van der Waals surface area (Å²) in [4.78, 5) is 0. The first-order valence-electron chi connectivity index (χ1n) is 6.67. The molecule has 0 aromatic heterocycles. The lowest BCUT2D eigenvalue weighted by atomic mass is 9.86. The SMILES string of the molecule is COc1ccc(C)cc1C(C)NCC1(CO)COC1. The van der Waals surface area contributed by atoms with Crippen LogP contribution in [0.1, 0.15) is 24.1 Å². The van der Waals surface area contributed by atoms with Crippen LogP contribution in [0.3, 0.4) is 0 Å². The zero-order valence-electron chi connectivity index (χ0n) is 11.9. The molecule has 4 heteroatoms. The van der Waals surface area contributed by atoms with Crippen molar-refractivity contribution in [2.75, 3.05) is 33.5 Å². The lowest BCUT2D eigenvalue weighted by Gasteiger charge is -2.40. The van der Waals surface area contributed by atoms with Crippen molar-refractivity contribution < 1.29 is 14.6 Å². The second kappa shape index (κ2) is 5.90. The van der Waals surface area contributed by atoms with Crippen molar-refractivity contribution in [3.63, 3.8) is 0 Å². The second-order valence-corrected chi connectivity index (χ2v) is 5.50. The van der Waals surface area contributed by atoms with E-state index in [1.165, 1.54) is 5.56 Å². The number of methoxy groups -OCH3 is 1. The molecule has 0 radical (unpaired) electrons. The van der Waals surface area contributed by atoms with Crippen LogP contribution in [0, 0.1) is 12.3 Å². The van der Waals surface area contributed by atoms with Gasteiger partial charge in [-0.3, -0.25) is 0 Å². The van der Waals surface area contributed by atoms with E-state index in [1.807, 2.05) is 12.1 Å². The Bertz CT molecular complexity index is 424. The number of aryl methyl sites for hydroxylation is 1. The van der Waals surface area contributed by atoms with E-state index in [0.29, 0.717) is 13.2 Å². The summed E-state index contributed by atoms with van der Waals surface area (Å²) in [6.07, 6.45) is 0. The van der Waals surface area contributed by atoms with E-state index in [4.69, 9.17) is 9.47 Å². The Kier molecular flexibility index (Phi) is 4.45. The first-order valence-corrected chi connectivity index (χ1v) is 6.67. The topological polar surface area (TPSA) is 50.7 Å². The van der Waals surface area contributed by atoms with Gasteiger partial charge in [0.05, 0.1) is 32.3 Å². The van der Waals surface area contributed by atoms with Crippen LogP contribution in [0.2, 0.25) is 0 Å². The molecule has 1 unspecified atom stereocenters. The highest BCUT2D eigenvalue weighted by Gasteiger charge is 2.38. The Morgan fingerprint density at radius 1 is 1.47 bits per heavy atom. The fourth-order valence-electron chi connectivity index (χ4n) is 2.31. The monoisotopic (exact) mass is 265 g/mol. The van der Waals surface area contributed by atoms with Gasteiger partial charge in [-0.2, -0.15) is 0 Å². The highest BCUT2D eigenvalue weighted by molar-refractivity contribution is 5.38. The van der Waals surface area contributed by atoms with Gasteiger partial charge in [-0.1, -0.05) is 17.7 Å². The van der Waals surface area contributed by atoms with Gasteiger partial charge in [0, 0.05) is 18.2 Å². The molecule has 1 fully saturated rings. The minimum Gasteiger partial charge on any atom is -0.496 e. The fraction of sp³-hybridized carbons (Fsp3) is 0.600. The summed E-state index contributed by atoms with van der Waals surface area (Å²) in [5, 5.41) is 12.9. The third-order valence-electron chi connectivity index (χ3n) is 3.79. The molecular weight excluding hydrogens is 242 g/mol. The number of rotatable bonds is 6. The molecule has 0 spiro atoms. The van der Waals surface area contributed by atoms with E-state index in [-0.39, 0.29) is 18.1 Å². The van der Waals surface area contributed by atoms with Crippen molar-refractivity contribution in [1.82, 2.24) is 5.32 Å². The Labute approximate surface area is 114 Å². The Morgan fingerprint density at radius 3 is 2.74 bits per heavy atom. The molecule has 1 heterocycles. The smallest absolute Gasteiger partial charge is 0.123 e. The van der Waals surface area contributed by atoms with Gasteiger partial charge >= 0.3 is 0 Å². The Hall–Kier alpha value is -1.10. The molecule has 1 aliphatic rings. The molecule has 0 aliphatic carbocycles. The number of hydrogen-bond donors (Lipinski definition) is 2. The molecular formula is C15H23NO3. The van der Waals surface area contributed by atoms with Crippen molar-refractivity contribution in [2.24, 2.45) is 5.41 Å². The number of hydrogen-bond acceptors (Lipinski definition) is 4. The van der Waals surface area contributed by atoms with Crippen molar-refractivity contribution >= 4 is 0 Å². The predicted octanol–water partition coefficient (Wildman–Crippen LogP) is 1.66. The number of aliphatic hydroxyl groups excluding tert-OH is 1. The lowest BCUT2D eigenvalue weighted by molar-refractivity contribution is -0.135. The summed E-state index contributed by atoms with van der Waals surface area (Å²) >= 11 is 0. The molecule has 1 atom stereocenters. The van der Waals surface area contributed by atoms with Crippen LogP contribution in [0.5, 0.6) is 5.75 Å². The van der Waals surface area contributed by atoms with Crippen LogP contribution in [0.4, 0.5) is 0 Å². The van der Waals surface area contributed by atoms with Gasteiger partial charge < -0.3 is 19.9 Å². The molecule has 0 saturated carbocycles. The summed E-state index contributed by atoms with van der Waals surface area (Å²) in [5.41, 5.74) is 2.26. The molecule has 19 heavy (non-hydrogen) atoms. The van der Waals surface area contributed by atoms with E-state index in [9.17, 15) is 5.11 Å². The number of benzene rings is 1. The number of aliphatic hydroxyl groups is 1. The van der Waals surface area contributed by atoms with Gasteiger partial charge in [0.2, 0.25) is 0 Å². The quantitative estimate of drug-likeness (QED) is 0.821. The summed E-state index contributed by atoms with van der Waals surface area (Å²) in [7, 11) is 1.69. The van der Waals surface area contributed by atoms with Crippen LogP contribution < -0.4 is 10.1 Å². The van der Waals surface area contributed by atoms with Crippen molar-refractivity contribution in [3.05, 3.63) is 29.3 Å². The van der Waals surface area contributed by atoms with Crippen molar-refractivity contribution in [3.8, 4) is 5.75 Å². The van der Waals surface area contributed by atoms with Crippen LogP contribution in [-0.2, 0) is 4.74 Å². The first-order chi connectivity index (χ1) is 9.10. The van der Waals surface area contributed by atoms with E-state index < -0.39 is 0 Å². The van der Waals surface area contributed by atoms with Gasteiger partial charge in [0.25, 0.3) is 0 Å². The predicted molar refractivity (Wildman–Crippen MR) is 74.5 cm³/mol. The van der Waals surface area contributed by atoms with Crippen molar-refractivity contribution in [2.45, 2.75) is 19.9 Å². The first kappa shape index (κ1) is 14.3. The van der Waals surface area contributed by atoms with E-state index in [0.717, 1.165) is 17.9 Å². The van der Waals surface area contributed by atoms with Crippen molar-refractivity contribution in [1.29, 1.82) is 0 Å². The fourth-order valence-corrected chi connectivity index (χ4v) is 2.31. The minimum absolute atomic E-state index is 0.106. The highest BCUT2D eigenvalue weighted by atomic mass is 16.5. The molecule has 106 valence electrons. The largest absolute Gasteiger partial charge is 0.496 e. The third kappa shape index (κ3) is 3.08. The molecule has 0 amide bonds. The van der Waals surface area contributed by atoms with E-state index in [2.05, 4.69) is 25.2 Å². The standard InChI is InChI=1S/C15H23NO3/c1-11-4-5-14(18-3)13(6-11)12(2)16-7-15(8-17)9-19-10-15/h4-6,12,16-17H,7-10H2,1-3H3.